The fourth-order valence-electron chi connectivity index (χ4n) is 1.34. The maximum atomic E-state index is 3.64. The van der Waals surface area contributed by atoms with E-state index < -0.39 is 0 Å². The van der Waals surface area contributed by atoms with Crippen molar-refractivity contribution < 1.29 is 0 Å². The molecule has 66 valence electrons. The first kappa shape index (κ1) is 9.05. The normalized spacial score (nSPS) is 23.7. The molecule has 1 aliphatic rings. The van der Waals surface area contributed by atoms with Gasteiger partial charge in [0.1, 0.15) is 0 Å². The highest BCUT2D eigenvalue weighted by Crippen LogP contribution is 2.32. The molecule has 0 aliphatic heterocycles. The molecular weight excluding hydrogens is 134 g/mol. The van der Waals surface area contributed by atoms with Crippen molar-refractivity contribution in [1.29, 1.82) is 0 Å². The van der Waals surface area contributed by atoms with Gasteiger partial charge in [0.2, 0.25) is 0 Å². The summed E-state index contributed by atoms with van der Waals surface area (Å²) in [5.74, 6) is 1.74. The Morgan fingerprint density at radius 1 is 1.09 bits per heavy atom. The summed E-state index contributed by atoms with van der Waals surface area (Å²) >= 11 is 0. The Morgan fingerprint density at radius 3 is 2.00 bits per heavy atom. The minimum Gasteiger partial charge on any atom is -0.311 e. The van der Waals surface area contributed by atoms with E-state index in [1.807, 2.05) is 0 Å². The van der Waals surface area contributed by atoms with Crippen LogP contribution in [0.3, 0.4) is 0 Å². The van der Waals surface area contributed by atoms with Crippen molar-refractivity contribution in [3.8, 4) is 0 Å². The van der Waals surface area contributed by atoms with E-state index in [-0.39, 0.29) is 0 Å². The second-order valence-corrected chi connectivity index (χ2v) is 4.33. The molecule has 0 radical (unpaired) electrons. The summed E-state index contributed by atoms with van der Waals surface area (Å²) in [6.07, 6.45) is 2.89. The van der Waals surface area contributed by atoms with Gasteiger partial charge in [-0.3, -0.25) is 0 Å². The van der Waals surface area contributed by atoms with Crippen LogP contribution in [-0.2, 0) is 0 Å². The van der Waals surface area contributed by atoms with Crippen LogP contribution in [0.25, 0.3) is 0 Å². The molecule has 1 nitrogen and oxygen atoms in total. The molecule has 0 heterocycles. The van der Waals surface area contributed by atoms with E-state index in [1.54, 1.807) is 0 Å². The van der Waals surface area contributed by atoms with Crippen molar-refractivity contribution in [2.45, 2.75) is 52.6 Å². The highest BCUT2D eigenvalue weighted by Gasteiger charge is 2.28. The van der Waals surface area contributed by atoms with Gasteiger partial charge in [0.05, 0.1) is 0 Å². The lowest BCUT2D eigenvalue weighted by molar-refractivity contribution is 0.364. The zero-order valence-corrected chi connectivity index (χ0v) is 8.22. The molecule has 1 rings (SSSR count). The molecular formula is C10H21N. The van der Waals surface area contributed by atoms with Gasteiger partial charge in [-0.25, -0.2) is 0 Å². The summed E-state index contributed by atoms with van der Waals surface area (Å²) in [4.78, 5) is 0. The van der Waals surface area contributed by atoms with Crippen LogP contribution in [0.2, 0.25) is 0 Å². The Balaban J connectivity index is 2.17. The summed E-state index contributed by atoms with van der Waals surface area (Å²) < 4.78 is 0. The van der Waals surface area contributed by atoms with Gasteiger partial charge in [-0.15, -0.1) is 0 Å². The van der Waals surface area contributed by atoms with Crippen molar-refractivity contribution in [2.24, 2.45) is 11.8 Å². The van der Waals surface area contributed by atoms with E-state index in [0.29, 0.717) is 6.04 Å². The summed E-state index contributed by atoms with van der Waals surface area (Å²) in [5, 5.41) is 3.64. The summed E-state index contributed by atoms with van der Waals surface area (Å²) in [6.45, 7) is 9.15. The first-order chi connectivity index (χ1) is 5.11. The molecule has 11 heavy (non-hydrogen) atoms. The minimum atomic E-state index is 0.672. The van der Waals surface area contributed by atoms with Crippen molar-refractivity contribution in [3.63, 3.8) is 0 Å². The van der Waals surface area contributed by atoms with Gasteiger partial charge >= 0.3 is 0 Å². The van der Waals surface area contributed by atoms with Gasteiger partial charge in [0.25, 0.3) is 0 Å². The SMILES string of the molecule is CC(C)C(C)NC(C)C1CC1. The average molecular weight is 155 g/mol. The van der Waals surface area contributed by atoms with E-state index in [0.717, 1.165) is 17.9 Å². The van der Waals surface area contributed by atoms with Crippen LogP contribution in [0.1, 0.15) is 40.5 Å². The van der Waals surface area contributed by atoms with E-state index in [9.17, 15) is 0 Å². The van der Waals surface area contributed by atoms with Crippen molar-refractivity contribution >= 4 is 0 Å². The largest absolute Gasteiger partial charge is 0.311 e. The molecule has 1 N–H and O–H groups in total. The highest BCUT2D eigenvalue weighted by molar-refractivity contribution is 4.85. The third-order valence-electron chi connectivity index (χ3n) is 2.85. The Hall–Kier alpha value is -0.0400. The molecule has 0 amide bonds. The fourth-order valence-corrected chi connectivity index (χ4v) is 1.34. The Kier molecular flexibility index (Phi) is 2.94. The maximum Gasteiger partial charge on any atom is 0.00695 e. The van der Waals surface area contributed by atoms with Crippen LogP contribution in [-0.4, -0.2) is 12.1 Å². The van der Waals surface area contributed by atoms with E-state index in [1.165, 1.54) is 12.8 Å². The van der Waals surface area contributed by atoms with Gasteiger partial charge in [0.15, 0.2) is 0 Å². The molecule has 0 aromatic heterocycles. The molecule has 0 saturated heterocycles. The van der Waals surface area contributed by atoms with Crippen molar-refractivity contribution in [2.75, 3.05) is 0 Å². The van der Waals surface area contributed by atoms with Gasteiger partial charge in [-0.05, 0) is 38.5 Å². The zero-order chi connectivity index (χ0) is 8.43. The van der Waals surface area contributed by atoms with Crippen LogP contribution in [0.15, 0.2) is 0 Å². The van der Waals surface area contributed by atoms with Crippen LogP contribution in [0.4, 0.5) is 0 Å². The van der Waals surface area contributed by atoms with Gasteiger partial charge in [0, 0.05) is 12.1 Å². The molecule has 1 aliphatic carbocycles. The van der Waals surface area contributed by atoms with Crippen LogP contribution in [0, 0.1) is 11.8 Å². The van der Waals surface area contributed by atoms with Gasteiger partial charge in [-0.1, -0.05) is 13.8 Å². The maximum absolute atomic E-state index is 3.64. The number of nitrogens with one attached hydrogen (secondary N) is 1. The van der Waals surface area contributed by atoms with E-state index >= 15 is 0 Å². The predicted octanol–water partition coefficient (Wildman–Crippen LogP) is 2.42. The van der Waals surface area contributed by atoms with Crippen LogP contribution in [0.5, 0.6) is 0 Å². The first-order valence-corrected chi connectivity index (χ1v) is 4.87. The Morgan fingerprint density at radius 2 is 1.64 bits per heavy atom. The smallest absolute Gasteiger partial charge is 0.00695 e. The lowest BCUT2D eigenvalue weighted by Gasteiger charge is -2.22. The zero-order valence-electron chi connectivity index (χ0n) is 8.22. The Bertz CT molecular complexity index is 110. The summed E-state index contributed by atoms with van der Waals surface area (Å²) in [7, 11) is 0. The predicted molar refractivity (Wildman–Crippen MR) is 49.6 cm³/mol. The third-order valence-corrected chi connectivity index (χ3v) is 2.85. The quantitative estimate of drug-likeness (QED) is 0.657. The molecule has 1 fully saturated rings. The average Bonchev–Trinajstić information content (AvgIpc) is 2.67. The number of hydrogen-bond acceptors (Lipinski definition) is 1. The van der Waals surface area contributed by atoms with Gasteiger partial charge in [-0.2, -0.15) is 0 Å². The standard InChI is InChI=1S/C10H21N/c1-7(2)8(3)11-9(4)10-5-6-10/h7-11H,5-6H2,1-4H3. The molecule has 2 atom stereocenters. The highest BCUT2D eigenvalue weighted by atomic mass is 15.0. The second kappa shape index (κ2) is 3.57. The molecule has 0 aromatic carbocycles. The molecule has 1 heteroatoms. The molecule has 0 aromatic rings. The lowest BCUT2D eigenvalue weighted by Crippen LogP contribution is -2.38. The fraction of sp³-hybridized carbons (Fsp3) is 1.00. The summed E-state index contributed by atoms with van der Waals surface area (Å²) in [5.41, 5.74) is 0. The summed E-state index contributed by atoms with van der Waals surface area (Å²) in [6, 6.07) is 1.41. The van der Waals surface area contributed by atoms with Crippen LogP contribution >= 0.6 is 0 Å². The second-order valence-electron chi connectivity index (χ2n) is 4.33. The number of hydrogen-bond donors (Lipinski definition) is 1. The van der Waals surface area contributed by atoms with Gasteiger partial charge < -0.3 is 5.32 Å². The van der Waals surface area contributed by atoms with Crippen molar-refractivity contribution in [1.82, 2.24) is 5.32 Å². The third kappa shape index (κ3) is 2.82. The lowest BCUT2D eigenvalue weighted by atomic mass is 10.0. The molecule has 0 bridgehead atoms. The Labute approximate surface area is 70.6 Å². The molecule has 1 saturated carbocycles. The number of rotatable bonds is 4. The van der Waals surface area contributed by atoms with E-state index in [2.05, 4.69) is 33.0 Å². The van der Waals surface area contributed by atoms with Crippen molar-refractivity contribution in [3.05, 3.63) is 0 Å². The monoisotopic (exact) mass is 155 g/mol. The topological polar surface area (TPSA) is 12.0 Å². The first-order valence-electron chi connectivity index (χ1n) is 4.87. The van der Waals surface area contributed by atoms with Crippen LogP contribution < -0.4 is 5.32 Å². The molecule has 0 spiro atoms. The van der Waals surface area contributed by atoms with E-state index in [4.69, 9.17) is 0 Å². The minimum absolute atomic E-state index is 0.672. The molecule has 2 unspecified atom stereocenters.